The molecule has 132 valence electrons. The number of sulfonamides is 1. The number of carbonyl (C=O) groups is 1. The van der Waals surface area contributed by atoms with Crippen molar-refractivity contribution in [3.8, 4) is 0 Å². The predicted molar refractivity (Wildman–Crippen MR) is 94.9 cm³/mol. The van der Waals surface area contributed by atoms with E-state index in [4.69, 9.17) is 0 Å². The number of carboxylic acids is 1. The van der Waals surface area contributed by atoms with Gasteiger partial charge in [-0.1, -0.05) is 48.0 Å². The molecule has 0 spiro atoms. The zero-order chi connectivity index (χ0) is 18.1. The van der Waals surface area contributed by atoms with E-state index in [2.05, 4.69) is 4.72 Å². The van der Waals surface area contributed by atoms with E-state index in [0.29, 0.717) is 12.8 Å². The lowest BCUT2D eigenvalue weighted by molar-refractivity contribution is -0.143. The molecular weight excluding hydrogens is 338 g/mol. The number of aryl methyl sites for hydroxylation is 1. The Bertz CT molecular complexity index is 862. The lowest BCUT2D eigenvalue weighted by atomic mass is 9.79. The van der Waals surface area contributed by atoms with Crippen LogP contribution >= 0.6 is 0 Å². The number of benzene rings is 2. The standard InChI is InChI=1S/C19H21NO4S/c1-14-7-9-17(10-8-14)25(23,24)20-16-11-12-19(13-16,18(21)22)15-5-3-2-4-6-15/h2-10,16,20H,11-13H2,1H3,(H,21,22)/t16-,19+/m0/s1. The average Bonchev–Trinajstić information content (AvgIpc) is 3.00. The molecule has 0 aromatic heterocycles. The zero-order valence-corrected chi connectivity index (χ0v) is 14.8. The number of rotatable bonds is 5. The van der Waals surface area contributed by atoms with Crippen molar-refractivity contribution < 1.29 is 18.3 Å². The molecule has 6 heteroatoms. The largest absolute Gasteiger partial charge is 0.481 e. The first-order valence-electron chi connectivity index (χ1n) is 8.21. The van der Waals surface area contributed by atoms with Gasteiger partial charge in [0.25, 0.3) is 0 Å². The Kier molecular flexibility index (Phi) is 4.67. The van der Waals surface area contributed by atoms with E-state index in [1.54, 1.807) is 36.4 Å². The van der Waals surface area contributed by atoms with Gasteiger partial charge in [0, 0.05) is 6.04 Å². The highest BCUT2D eigenvalue weighted by atomic mass is 32.2. The van der Waals surface area contributed by atoms with Crippen LogP contribution in [0, 0.1) is 6.92 Å². The van der Waals surface area contributed by atoms with E-state index in [0.717, 1.165) is 11.1 Å². The van der Waals surface area contributed by atoms with Crippen molar-refractivity contribution in [3.63, 3.8) is 0 Å². The van der Waals surface area contributed by atoms with Crippen LogP contribution in [-0.2, 0) is 20.2 Å². The summed E-state index contributed by atoms with van der Waals surface area (Å²) in [5.41, 5.74) is 0.662. The van der Waals surface area contributed by atoms with E-state index in [1.807, 2.05) is 25.1 Å². The van der Waals surface area contributed by atoms with Gasteiger partial charge in [-0.2, -0.15) is 0 Å². The number of nitrogens with one attached hydrogen (secondary N) is 1. The zero-order valence-electron chi connectivity index (χ0n) is 14.0. The minimum Gasteiger partial charge on any atom is -0.481 e. The molecule has 3 rings (SSSR count). The summed E-state index contributed by atoms with van der Waals surface area (Å²) < 4.78 is 27.8. The summed E-state index contributed by atoms with van der Waals surface area (Å²) in [5, 5.41) is 9.80. The van der Waals surface area contributed by atoms with Crippen LogP contribution in [0.3, 0.4) is 0 Å². The smallest absolute Gasteiger partial charge is 0.314 e. The highest BCUT2D eigenvalue weighted by molar-refractivity contribution is 7.89. The molecule has 1 aliphatic rings. The number of hydrogen-bond donors (Lipinski definition) is 2. The molecule has 2 N–H and O–H groups in total. The Morgan fingerprint density at radius 1 is 1.12 bits per heavy atom. The van der Waals surface area contributed by atoms with Gasteiger partial charge in [0.1, 0.15) is 0 Å². The Morgan fingerprint density at radius 3 is 2.36 bits per heavy atom. The monoisotopic (exact) mass is 359 g/mol. The first-order chi connectivity index (χ1) is 11.8. The molecular formula is C19H21NO4S. The number of hydrogen-bond acceptors (Lipinski definition) is 3. The van der Waals surface area contributed by atoms with Crippen LogP contribution in [0.5, 0.6) is 0 Å². The van der Waals surface area contributed by atoms with Crippen LogP contribution in [0.2, 0.25) is 0 Å². The van der Waals surface area contributed by atoms with Crippen LogP contribution < -0.4 is 4.72 Å². The lowest BCUT2D eigenvalue weighted by Crippen LogP contribution is -2.38. The molecule has 25 heavy (non-hydrogen) atoms. The molecule has 0 bridgehead atoms. The summed E-state index contributed by atoms with van der Waals surface area (Å²) in [6, 6.07) is 15.3. The molecule has 0 aliphatic heterocycles. The molecule has 0 amide bonds. The maximum atomic E-state index is 12.6. The third-order valence-corrected chi connectivity index (χ3v) is 6.44. The SMILES string of the molecule is Cc1ccc(S(=O)(=O)N[C@H]2CC[C@](C(=O)O)(c3ccccc3)C2)cc1. The van der Waals surface area contributed by atoms with Gasteiger partial charge in [-0.25, -0.2) is 13.1 Å². The van der Waals surface area contributed by atoms with Gasteiger partial charge in [-0.15, -0.1) is 0 Å². The number of carboxylic acid groups (broad SMARTS) is 1. The molecule has 5 nitrogen and oxygen atoms in total. The van der Waals surface area contributed by atoms with Crippen LogP contribution in [0.15, 0.2) is 59.5 Å². The maximum Gasteiger partial charge on any atom is 0.314 e. The Morgan fingerprint density at radius 2 is 1.76 bits per heavy atom. The summed E-state index contributed by atoms with van der Waals surface area (Å²) in [5.74, 6) is -0.907. The van der Waals surface area contributed by atoms with Crippen LogP contribution in [0.4, 0.5) is 0 Å². The van der Waals surface area contributed by atoms with Crippen LogP contribution in [0.1, 0.15) is 30.4 Å². The quantitative estimate of drug-likeness (QED) is 0.860. The minimum atomic E-state index is -3.66. The van der Waals surface area contributed by atoms with Crippen molar-refractivity contribution >= 4 is 16.0 Å². The van der Waals surface area contributed by atoms with Crippen molar-refractivity contribution in [1.82, 2.24) is 4.72 Å². The average molecular weight is 359 g/mol. The topological polar surface area (TPSA) is 83.5 Å². The van der Waals surface area contributed by atoms with E-state index in [1.165, 1.54) is 0 Å². The predicted octanol–water partition coefficient (Wildman–Crippen LogP) is 2.85. The molecule has 2 aromatic rings. The molecule has 0 unspecified atom stereocenters. The molecule has 1 saturated carbocycles. The third-order valence-electron chi connectivity index (χ3n) is 4.90. The maximum absolute atomic E-state index is 12.6. The molecule has 0 radical (unpaired) electrons. The van der Waals surface area contributed by atoms with Crippen molar-refractivity contribution in [2.75, 3.05) is 0 Å². The lowest BCUT2D eigenvalue weighted by Gasteiger charge is -2.25. The van der Waals surface area contributed by atoms with Crippen molar-refractivity contribution in [2.45, 2.75) is 42.5 Å². The van der Waals surface area contributed by atoms with E-state index >= 15 is 0 Å². The summed E-state index contributed by atoms with van der Waals surface area (Å²) in [6.07, 6.45) is 1.15. The third kappa shape index (κ3) is 3.45. The van der Waals surface area contributed by atoms with E-state index in [9.17, 15) is 18.3 Å². The summed E-state index contributed by atoms with van der Waals surface area (Å²) >= 11 is 0. The minimum absolute atomic E-state index is 0.200. The first-order valence-corrected chi connectivity index (χ1v) is 9.70. The second kappa shape index (κ2) is 6.61. The Labute approximate surface area is 147 Å². The second-order valence-corrected chi connectivity index (χ2v) is 8.34. The summed E-state index contributed by atoms with van der Waals surface area (Å²) in [4.78, 5) is 12.2. The fraction of sp³-hybridized carbons (Fsp3) is 0.316. The molecule has 0 heterocycles. The molecule has 0 saturated heterocycles. The van der Waals surface area contributed by atoms with Gasteiger partial charge in [-0.05, 0) is 43.9 Å². The van der Waals surface area contributed by atoms with Gasteiger partial charge < -0.3 is 5.11 Å². The Hall–Kier alpha value is -2.18. The van der Waals surface area contributed by atoms with Gasteiger partial charge >= 0.3 is 5.97 Å². The van der Waals surface area contributed by atoms with Crippen molar-refractivity contribution in [2.24, 2.45) is 0 Å². The molecule has 2 atom stereocenters. The fourth-order valence-corrected chi connectivity index (χ4v) is 4.76. The van der Waals surface area contributed by atoms with Gasteiger partial charge in [0.05, 0.1) is 10.3 Å². The molecule has 2 aromatic carbocycles. The summed E-state index contributed by atoms with van der Waals surface area (Å²) in [6.45, 7) is 1.89. The highest BCUT2D eigenvalue weighted by Crippen LogP contribution is 2.41. The molecule has 1 aliphatic carbocycles. The summed E-state index contributed by atoms with van der Waals surface area (Å²) in [7, 11) is -3.66. The number of aliphatic carboxylic acids is 1. The van der Waals surface area contributed by atoms with Crippen molar-refractivity contribution in [1.29, 1.82) is 0 Å². The van der Waals surface area contributed by atoms with E-state index in [-0.39, 0.29) is 11.3 Å². The Balaban J connectivity index is 1.82. The van der Waals surface area contributed by atoms with Gasteiger partial charge in [0.2, 0.25) is 10.0 Å². The van der Waals surface area contributed by atoms with Gasteiger partial charge in [0.15, 0.2) is 0 Å². The second-order valence-electron chi connectivity index (χ2n) is 6.63. The molecule has 1 fully saturated rings. The van der Waals surface area contributed by atoms with E-state index < -0.39 is 27.4 Å². The fourth-order valence-electron chi connectivity index (χ4n) is 3.49. The van der Waals surface area contributed by atoms with Crippen molar-refractivity contribution in [3.05, 3.63) is 65.7 Å². The van der Waals surface area contributed by atoms with Crippen LogP contribution in [-0.4, -0.2) is 25.5 Å². The highest BCUT2D eigenvalue weighted by Gasteiger charge is 2.47. The van der Waals surface area contributed by atoms with Crippen LogP contribution in [0.25, 0.3) is 0 Å². The van der Waals surface area contributed by atoms with Gasteiger partial charge in [-0.3, -0.25) is 4.79 Å². The first kappa shape index (κ1) is 17.6. The normalized spacial score (nSPS) is 23.5.